The minimum Gasteiger partial charge on any atom is -0.494 e. The normalized spacial score (nSPS) is 18.5. The fraction of sp³-hybridized carbons (Fsp3) is 0.522. The summed E-state index contributed by atoms with van der Waals surface area (Å²) in [6, 6.07) is 5.02. The Morgan fingerprint density at radius 1 is 1.14 bits per heavy atom. The van der Waals surface area contributed by atoms with Gasteiger partial charge in [0.05, 0.1) is 25.8 Å². The summed E-state index contributed by atoms with van der Waals surface area (Å²) in [4.78, 5) is 34.0. The van der Waals surface area contributed by atoms with Gasteiger partial charge in [0, 0.05) is 19.6 Å². The first-order valence-corrected chi connectivity index (χ1v) is 12.6. The Kier molecular flexibility index (Phi) is 7.51. The molecule has 2 aliphatic heterocycles. The number of fused-ring (bicyclic) bond motifs is 1. The van der Waals surface area contributed by atoms with E-state index in [1.165, 1.54) is 11.7 Å². The molecule has 3 aromatic rings. The van der Waals surface area contributed by atoms with Crippen molar-refractivity contribution in [3.05, 3.63) is 24.0 Å². The lowest BCUT2D eigenvalue weighted by atomic mass is 10.1. The van der Waals surface area contributed by atoms with Gasteiger partial charge in [-0.2, -0.15) is 15.0 Å². The van der Waals surface area contributed by atoms with Crippen LogP contribution in [-0.4, -0.2) is 82.4 Å². The number of ether oxygens (including phenoxy) is 2. The van der Waals surface area contributed by atoms with Crippen LogP contribution in [0.3, 0.4) is 0 Å². The maximum Gasteiger partial charge on any atom is 0.296 e. The quantitative estimate of drug-likeness (QED) is 0.456. The lowest BCUT2D eigenvalue weighted by Gasteiger charge is -2.36. The zero-order valence-electron chi connectivity index (χ0n) is 20.2. The predicted octanol–water partition coefficient (Wildman–Crippen LogP) is 2.66. The average Bonchev–Trinajstić information content (AvgIpc) is 3.34. The van der Waals surface area contributed by atoms with Crippen LogP contribution in [0.2, 0.25) is 0 Å². The van der Waals surface area contributed by atoms with Gasteiger partial charge >= 0.3 is 0 Å². The number of methoxy groups -OCH3 is 1. The molecule has 1 atom stereocenters. The van der Waals surface area contributed by atoms with Crippen LogP contribution in [0.5, 0.6) is 5.75 Å². The summed E-state index contributed by atoms with van der Waals surface area (Å²) in [5, 5.41) is 2.91. The second kappa shape index (κ2) is 11.0. The average molecular weight is 537 g/mol. The van der Waals surface area contributed by atoms with Crippen molar-refractivity contribution in [3.8, 4) is 11.7 Å². The summed E-state index contributed by atoms with van der Waals surface area (Å²) in [5.74, 6) is -0.0143. The van der Waals surface area contributed by atoms with Gasteiger partial charge < -0.3 is 24.6 Å². The molecule has 2 fully saturated rings. The van der Waals surface area contributed by atoms with Crippen molar-refractivity contribution < 1.29 is 23.0 Å². The number of para-hydroxylation sites is 1. The zero-order chi connectivity index (χ0) is 25.9. The third kappa shape index (κ3) is 5.10. The molecule has 2 aliphatic rings. The molecule has 5 rings (SSSR count). The molecular weight excluding hydrogens is 510 g/mol. The number of carbonyl (C=O) groups is 1. The fourth-order valence-electron chi connectivity index (χ4n) is 4.63. The number of rotatable bonds is 7. The van der Waals surface area contributed by atoms with Gasteiger partial charge in [-0.25, -0.2) is 13.8 Å². The number of imidazole rings is 1. The Balaban J connectivity index is 1.68. The van der Waals surface area contributed by atoms with Gasteiger partial charge in [0.15, 0.2) is 5.82 Å². The number of carbonyl (C=O) groups excluding carboxylic acids is 1. The molecule has 11 nitrogen and oxygen atoms in total. The summed E-state index contributed by atoms with van der Waals surface area (Å²) in [5.41, 5.74) is 0.658. The lowest BCUT2D eigenvalue weighted by Crippen LogP contribution is -2.52. The summed E-state index contributed by atoms with van der Waals surface area (Å²) in [7, 11) is 1.46. The third-order valence-corrected chi connectivity index (χ3v) is 6.63. The van der Waals surface area contributed by atoms with Crippen LogP contribution in [0.15, 0.2) is 18.2 Å². The van der Waals surface area contributed by atoms with Crippen molar-refractivity contribution in [2.24, 2.45) is 0 Å². The van der Waals surface area contributed by atoms with Crippen LogP contribution in [0.1, 0.15) is 31.5 Å². The number of anilines is 2. The molecule has 0 bridgehead atoms. The van der Waals surface area contributed by atoms with Crippen molar-refractivity contribution in [1.29, 1.82) is 0 Å². The second-order valence-electron chi connectivity index (χ2n) is 8.68. The van der Waals surface area contributed by atoms with E-state index in [2.05, 4.69) is 20.3 Å². The second-order valence-corrected chi connectivity index (χ2v) is 8.94. The number of nitrogens with one attached hydrogen (secondary N) is 1. The maximum atomic E-state index is 14.2. The number of morpholine rings is 1. The van der Waals surface area contributed by atoms with Gasteiger partial charge in [0.25, 0.3) is 6.43 Å². The Hall–Kier alpha value is -3.32. The first-order valence-electron chi connectivity index (χ1n) is 12.0. The fourth-order valence-corrected chi connectivity index (χ4v) is 4.71. The molecule has 0 unspecified atom stereocenters. The van der Waals surface area contributed by atoms with Gasteiger partial charge in [0.2, 0.25) is 23.8 Å². The number of hydrogen-bond donors (Lipinski definition) is 1. The minimum absolute atomic E-state index is 0.00513. The van der Waals surface area contributed by atoms with Gasteiger partial charge in [0.1, 0.15) is 23.3 Å². The number of alkyl halides is 3. The van der Waals surface area contributed by atoms with Crippen molar-refractivity contribution in [3.63, 3.8) is 0 Å². The van der Waals surface area contributed by atoms with E-state index in [4.69, 9.17) is 26.1 Å². The van der Waals surface area contributed by atoms with Gasteiger partial charge in [-0.3, -0.25) is 9.36 Å². The molecule has 2 saturated heterocycles. The molecule has 0 radical (unpaired) electrons. The number of aromatic nitrogens is 5. The van der Waals surface area contributed by atoms with Crippen LogP contribution in [-0.2, 0) is 9.53 Å². The Bertz CT molecular complexity index is 1270. The highest BCUT2D eigenvalue weighted by Gasteiger charge is 2.30. The molecule has 1 amide bonds. The highest BCUT2D eigenvalue weighted by molar-refractivity contribution is 6.27. The van der Waals surface area contributed by atoms with Crippen LogP contribution in [0.25, 0.3) is 17.0 Å². The first-order chi connectivity index (χ1) is 18.0. The molecule has 0 spiro atoms. The molecular formula is C23H27ClF2N8O3. The Morgan fingerprint density at radius 2 is 1.89 bits per heavy atom. The molecule has 14 heteroatoms. The van der Waals surface area contributed by atoms with Crippen molar-refractivity contribution in [2.75, 3.05) is 55.6 Å². The SMILES string of the molecule is COc1cccc2c1nc(C(F)F)n2-c1nc(N2CCOCC2)nc(N2CCCC[C@H]2NC(=O)CCl)n1. The molecule has 1 N–H and O–H groups in total. The largest absolute Gasteiger partial charge is 0.494 e. The summed E-state index contributed by atoms with van der Waals surface area (Å²) < 4.78 is 40.6. The Labute approximate surface area is 216 Å². The van der Waals surface area contributed by atoms with Crippen molar-refractivity contribution in [1.82, 2.24) is 29.8 Å². The minimum atomic E-state index is -2.89. The van der Waals surface area contributed by atoms with E-state index >= 15 is 0 Å². The number of hydrogen-bond acceptors (Lipinski definition) is 9. The number of nitrogens with zero attached hydrogens (tertiary/aromatic N) is 7. The van der Waals surface area contributed by atoms with Crippen molar-refractivity contribution >= 4 is 40.4 Å². The van der Waals surface area contributed by atoms with E-state index in [1.54, 1.807) is 18.2 Å². The van der Waals surface area contributed by atoms with E-state index < -0.39 is 12.2 Å². The van der Waals surface area contributed by atoms with Crippen LogP contribution < -0.4 is 19.9 Å². The summed E-state index contributed by atoms with van der Waals surface area (Å²) >= 11 is 5.73. The molecule has 2 aromatic heterocycles. The highest BCUT2D eigenvalue weighted by atomic mass is 35.5. The van der Waals surface area contributed by atoms with Gasteiger partial charge in [-0.1, -0.05) is 6.07 Å². The van der Waals surface area contributed by atoms with E-state index in [-0.39, 0.29) is 35.4 Å². The van der Waals surface area contributed by atoms with E-state index in [0.717, 1.165) is 12.8 Å². The van der Waals surface area contributed by atoms with Crippen LogP contribution >= 0.6 is 11.6 Å². The van der Waals surface area contributed by atoms with Crippen molar-refractivity contribution in [2.45, 2.75) is 31.9 Å². The Morgan fingerprint density at radius 3 is 2.62 bits per heavy atom. The highest BCUT2D eigenvalue weighted by Crippen LogP contribution is 2.33. The predicted molar refractivity (Wildman–Crippen MR) is 133 cm³/mol. The smallest absolute Gasteiger partial charge is 0.296 e. The third-order valence-electron chi connectivity index (χ3n) is 6.39. The van der Waals surface area contributed by atoms with Gasteiger partial charge in [-0.05, 0) is 31.4 Å². The van der Waals surface area contributed by atoms with Crippen LogP contribution in [0.4, 0.5) is 20.7 Å². The number of benzene rings is 1. The van der Waals surface area contributed by atoms with Crippen LogP contribution in [0, 0.1) is 0 Å². The van der Waals surface area contributed by atoms with E-state index in [1.807, 2.05) is 9.80 Å². The monoisotopic (exact) mass is 536 g/mol. The zero-order valence-corrected chi connectivity index (χ0v) is 21.0. The summed E-state index contributed by atoms with van der Waals surface area (Å²) in [6.07, 6.45) is -0.852. The molecule has 198 valence electrons. The topological polar surface area (TPSA) is 111 Å². The van der Waals surface area contributed by atoms with E-state index in [9.17, 15) is 13.6 Å². The molecule has 4 heterocycles. The van der Waals surface area contributed by atoms with E-state index in [0.29, 0.717) is 56.5 Å². The lowest BCUT2D eigenvalue weighted by molar-refractivity contribution is -0.119. The molecule has 0 saturated carbocycles. The van der Waals surface area contributed by atoms with Gasteiger partial charge in [-0.15, -0.1) is 11.6 Å². The maximum absolute atomic E-state index is 14.2. The molecule has 37 heavy (non-hydrogen) atoms. The number of amides is 1. The molecule has 0 aliphatic carbocycles. The standard InChI is InChI=1S/C23H27ClF2N8O3/c1-36-15-6-4-5-14-18(15)28-20(19(25)26)34(14)23-30-21(32-9-11-37-12-10-32)29-22(31-23)33-8-3-2-7-16(33)27-17(35)13-24/h4-6,16,19H,2-3,7-13H2,1H3,(H,27,35)/t16-/m0/s1. The number of halogens is 3. The summed E-state index contributed by atoms with van der Waals surface area (Å²) in [6.45, 7) is 2.62. The first kappa shape index (κ1) is 25.3. The number of piperidine rings is 1. The molecule has 1 aromatic carbocycles.